The van der Waals surface area contributed by atoms with Gasteiger partial charge in [-0.1, -0.05) is 42.5 Å². The second kappa shape index (κ2) is 5.45. The lowest BCUT2D eigenvalue weighted by Gasteiger charge is -2.12. The van der Waals surface area contributed by atoms with Gasteiger partial charge in [0.05, 0.1) is 6.61 Å². The molecular formula is C17H18O2. The Morgan fingerprint density at radius 1 is 0.947 bits per heavy atom. The molecule has 0 bridgehead atoms. The number of aliphatic hydroxyl groups is 1. The average Bonchev–Trinajstić information content (AvgIpc) is 3.30. The summed E-state index contributed by atoms with van der Waals surface area (Å²) in [6.07, 6.45) is 2.02. The van der Waals surface area contributed by atoms with Gasteiger partial charge >= 0.3 is 0 Å². The predicted molar refractivity (Wildman–Crippen MR) is 75.2 cm³/mol. The highest BCUT2D eigenvalue weighted by Gasteiger charge is 2.21. The molecule has 0 spiro atoms. The maximum absolute atomic E-state index is 10.3. The van der Waals surface area contributed by atoms with E-state index in [2.05, 4.69) is 0 Å². The average molecular weight is 254 g/mol. The fourth-order valence-corrected chi connectivity index (χ4v) is 2.07. The molecule has 0 amide bonds. The summed E-state index contributed by atoms with van der Waals surface area (Å²) in [5, 5.41) is 10.3. The van der Waals surface area contributed by atoms with Gasteiger partial charge in [-0.25, -0.2) is 0 Å². The van der Waals surface area contributed by atoms with Crippen molar-refractivity contribution in [3.63, 3.8) is 0 Å². The molecule has 0 aliphatic heterocycles. The topological polar surface area (TPSA) is 29.5 Å². The van der Waals surface area contributed by atoms with Gasteiger partial charge in [-0.2, -0.15) is 0 Å². The van der Waals surface area contributed by atoms with E-state index >= 15 is 0 Å². The normalized spacial score (nSPS) is 16.1. The van der Waals surface area contributed by atoms with Crippen LogP contribution in [-0.4, -0.2) is 11.7 Å². The molecule has 1 fully saturated rings. The summed E-state index contributed by atoms with van der Waals surface area (Å²) >= 11 is 0. The molecule has 0 radical (unpaired) electrons. The first-order valence-electron chi connectivity index (χ1n) is 6.79. The van der Waals surface area contributed by atoms with E-state index in [1.807, 2.05) is 54.6 Å². The molecule has 1 atom stereocenters. The molecule has 1 unspecified atom stereocenters. The Morgan fingerprint density at radius 2 is 1.58 bits per heavy atom. The fraction of sp³-hybridized carbons (Fsp3) is 0.294. The van der Waals surface area contributed by atoms with Gasteiger partial charge in [0.1, 0.15) is 11.9 Å². The zero-order valence-electron chi connectivity index (χ0n) is 10.8. The third kappa shape index (κ3) is 3.15. The van der Waals surface area contributed by atoms with Crippen LogP contribution in [0, 0.1) is 5.92 Å². The lowest BCUT2D eigenvalue weighted by atomic mass is 10.0. The van der Waals surface area contributed by atoms with Crippen LogP contribution < -0.4 is 4.74 Å². The third-order valence-corrected chi connectivity index (χ3v) is 3.49. The predicted octanol–water partition coefficient (Wildman–Crippen LogP) is 3.56. The largest absolute Gasteiger partial charge is 0.493 e. The van der Waals surface area contributed by atoms with Gasteiger partial charge < -0.3 is 9.84 Å². The van der Waals surface area contributed by atoms with Crippen molar-refractivity contribution in [3.8, 4) is 5.75 Å². The van der Waals surface area contributed by atoms with Crippen molar-refractivity contribution in [3.05, 3.63) is 65.7 Å². The minimum absolute atomic E-state index is 0.571. The van der Waals surface area contributed by atoms with Crippen molar-refractivity contribution in [1.82, 2.24) is 0 Å². The van der Waals surface area contributed by atoms with Gasteiger partial charge in [-0.05, 0) is 42.0 Å². The molecule has 1 aliphatic rings. The summed E-state index contributed by atoms with van der Waals surface area (Å²) in [6.45, 7) is 0.820. The van der Waals surface area contributed by atoms with Crippen LogP contribution in [0.4, 0.5) is 0 Å². The fourth-order valence-electron chi connectivity index (χ4n) is 2.07. The Labute approximate surface area is 113 Å². The Hall–Kier alpha value is -1.80. The van der Waals surface area contributed by atoms with Crippen LogP contribution in [0.5, 0.6) is 5.75 Å². The van der Waals surface area contributed by atoms with Crippen molar-refractivity contribution in [2.24, 2.45) is 5.92 Å². The van der Waals surface area contributed by atoms with Gasteiger partial charge in [0.2, 0.25) is 0 Å². The molecule has 1 saturated carbocycles. The number of benzene rings is 2. The summed E-state index contributed by atoms with van der Waals surface area (Å²) in [5.74, 6) is 1.64. The van der Waals surface area contributed by atoms with E-state index in [0.717, 1.165) is 29.4 Å². The zero-order valence-corrected chi connectivity index (χ0v) is 10.8. The molecule has 19 heavy (non-hydrogen) atoms. The van der Waals surface area contributed by atoms with E-state index in [1.54, 1.807) is 0 Å². The van der Waals surface area contributed by atoms with E-state index in [9.17, 15) is 5.11 Å². The number of hydrogen-bond acceptors (Lipinski definition) is 2. The van der Waals surface area contributed by atoms with Crippen LogP contribution in [0.3, 0.4) is 0 Å². The van der Waals surface area contributed by atoms with Crippen molar-refractivity contribution in [2.45, 2.75) is 18.9 Å². The molecule has 2 aromatic rings. The first kappa shape index (κ1) is 12.2. The summed E-state index contributed by atoms with van der Waals surface area (Å²) in [5.41, 5.74) is 1.80. The molecule has 0 heterocycles. The standard InChI is InChI=1S/C17H18O2/c18-17(14-4-2-1-3-5-14)15-8-10-16(11-9-15)19-12-13-6-7-13/h1-5,8-11,13,17-18H,6-7,12H2. The third-order valence-electron chi connectivity index (χ3n) is 3.49. The van der Waals surface area contributed by atoms with Crippen LogP contribution in [0.25, 0.3) is 0 Å². The molecule has 2 heteroatoms. The van der Waals surface area contributed by atoms with Crippen LogP contribution in [0.15, 0.2) is 54.6 Å². The van der Waals surface area contributed by atoms with Crippen molar-refractivity contribution < 1.29 is 9.84 Å². The highest BCUT2D eigenvalue weighted by Crippen LogP contribution is 2.30. The SMILES string of the molecule is OC(c1ccccc1)c1ccc(OCC2CC2)cc1. The van der Waals surface area contributed by atoms with E-state index in [0.29, 0.717) is 0 Å². The Morgan fingerprint density at radius 3 is 2.21 bits per heavy atom. The summed E-state index contributed by atoms with van der Waals surface area (Å²) in [4.78, 5) is 0. The monoisotopic (exact) mass is 254 g/mol. The molecule has 3 rings (SSSR count). The van der Waals surface area contributed by atoms with Crippen molar-refractivity contribution in [1.29, 1.82) is 0 Å². The quantitative estimate of drug-likeness (QED) is 0.884. The Balaban J connectivity index is 1.67. The van der Waals surface area contributed by atoms with Gasteiger partial charge in [0, 0.05) is 0 Å². The Kier molecular flexibility index (Phi) is 3.51. The molecule has 0 aromatic heterocycles. The number of hydrogen-bond donors (Lipinski definition) is 1. The molecule has 2 nitrogen and oxygen atoms in total. The molecule has 1 aliphatic carbocycles. The Bertz CT molecular complexity index is 515. The number of aliphatic hydroxyl groups excluding tert-OH is 1. The maximum atomic E-state index is 10.3. The van der Waals surface area contributed by atoms with Gasteiger partial charge in [-0.3, -0.25) is 0 Å². The van der Waals surface area contributed by atoms with Crippen LogP contribution in [-0.2, 0) is 0 Å². The molecule has 1 N–H and O–H groups in total. The summed E-state index contributed by atoms with van der Waals surface area (Å²) in [6, 6.07) is 17.4. The molecular weight excluding hydrogens is 236 g/mol. The maximum Gasteiger partial charge on any atom is 0.119 e. The van der Waals surface area contributed by atoms with E-state index in [4.69, 9.17) is 4.74 Å². The molecule has 2 aromatic carbocycles. The second-order valence-corrected chi connectivity index (χ2v) is 5.14. The van der Waals surface area contributed by atoms with Crippen molar-refractivity contribution in [2.75, 3.05) is 6.61 Å². The lowest BCUT2D eigenvalue weighted by Crippen LogP contribution is -2.01. The van der Waals surface area contributed by atoms with E-state index in [-0.39, 0.29) is 0 Å². The number of ether oxygens (including phenoxy) is 1. The van der Waals surface area contributed by atoms with Gasteiger partial charge in [0.25, 0.3) is 0 Å². The number of rotatable bonds is 5. The van der Waals surface area contributed by atoms with Crippen LogP contribution in [0.1, 0.15) is 30.1 Å². The van der Waals surface area contributed by atoms with Crippen LogP contribution in [0.2, 0.25) is 0 Å². The van der Waals surface area contributed by atoms with E-state index in [1.165, 1.54) is 12.8 Å². The lowest BCUT2D eigenvalue weighted by molar-refractivity contribution is 0.220. The van der Waals surface area contributed by atoms with Gasteiger partial charge in [0.15, 0.2) is 0 Å². The highest BCUT2D eigenvalue weighted by atomic mass is 16.5. The van der Waals surface area contributed by atoms with Crippen LogP contribution >= 0.6 is 0 Å². The minimum Gasteiger partial charge on any atom is -0.493 e. The molecule has 0 saturated heterocycles. The highest BCUT2D eigenvalue weighted by molar-refractivity contribution is 5.33. The zero-order chi connectivity index (χ0) is 13.1. The second-order valence-electron chi connectivity index (χ2n) is 5.14. The van der Waals surface area contributed by atoms with E-state index < -0.39 is 6.10 Å². The summed E-state index contributed by atoms with van der Waals surface area (Å²) in [7, 11) is 0. The molecule has 98 valence electrons. The first-order chi connectivity index (χ1) is 9.33. The van der Waals surface area contributed by atoms with Gasteiger partial charge in [-0.15, -0.1) is 0 Å². The minimum atomic E-state index is -0.571. The van der Waals surface area contributed by atoms with Crippen molar-refractivity contribution >= 4 is 0 Å². The smallest absolute Gasteiger partial charge is 0.119 e. The first-order valence-corrected chi connectivity index (χ1v) is 6.79. The summed E-state index contributed by atoms with van der Waals surface area (Å²) < 4.78 is 5.69.